The van der Waals surface area contributed by atoms with Crippen LogP contribution < -0.4 is 0 Å². The molecule has 0 radical (unpaired) electrons. The fraction of sp³-hybridized carbons (Fsp3) is 0.500. The van der Waals surface area contributed by atoms with E-state index in [-0.39, 0.29) is 0 Å². The summed E-state index contributed by atoms with van der Waals surface area (Å²) in [6.07, 6.45) is 1.83. The minimum atomic E-state index is -4.30. The number of hydrogen-bond donors (Lipinski definition) is 0. The van der Waals surface area contributed by atoms with E-state index in [9.17, 15) is 13.2 Å². The third-order valence-electron chi connectivity index (χ3n) is 2.45. The van der Waals surface area contributed by atoms with Gasteiger partial charge in [0.05, 0.1) is 5.56 Å². The number of hydrogen-bond acceptors (Lipinski definition) is 2. The summed E-state index contributed by atoms with van der Waals surface area (Å²) in [6, 6.07) is 0. The van der Waals surface area contributed by atoms with Crippen LogP contribution in [0.2, 0.25) is 0 Å². The van der Waals surface area contributed by atoms with E-state index in [1.54, 1.807) is 12.5 Å². The normalized spacial score (nSPS) is 16.8. The van der Waals surface area contributed by atoms with Gasteiger partial charge < -0.3 is 0 Å². The van der Waals surface area contributed by atoms with Crippen molar-refractivity contribution in [2.24, 2.45) is 0 Å². The van der Waals surface area contributed by atoms with E-state index >= 15 is 0 Å². The predicted molar refractivity (Wildman–Crippen MR) is 53.0 cm³/mol. The molecule has 0 bridgehead atoms. The lowest BCUT2D eigenvalue weighted by Gasteiger charge is -2.13. The van der Waals surface area contributed by atoms with E-state index in [0.29, 0.717) is 10.8 Å². The van der Waals surface area contributed by atoms with E-state index in [1.807, 2.05) is 0 Å². The van der Waals surface area contributed by atoms with E-state index in [4.69, 9.17) is 0 Å². The Labute approximate surface area is 90.1 Å². The van der Waals surface area contributed by atoms with Gasteiger partial charge in [0.1, 0.15) is 0 Å². The summed E-state index contributed by atoms with van der Waals surface area (Å²) in [5.74, 6) is 0.294. The van der Waals surface area contributed by atoms with Crippen molar-refractivity contribution < 1.29 is 13.2 Å². The Balaban J connectivity index is 2.50. The zero-order valence-electron chi connectivity index (χ0n) is 8.14. The lowest BCUT2D eigenvalue weighted by molar-refractivity contribution is -0.140. The molecule has 1 aromatic heterocycles. The highest BCUT2D eigenvalue weighted by Gasteiger charge is 2.37. The molecule has 2 rings (SSSR count). The molecule has 0 aromatic carbocycles. The van der Waals surface area contributed by atoms with Gasteiger partial charge in [-0.2, -0.15) is 13.2 Å². The van der Waals surface area contributed by atoms with Crippen LogP contribution in [0.3, 0.4) is 0 Å². The van der Waals surface area contributed by atoms with Gasteiger partial charge in [-0.05, 0) is 30.6 Å². The van der Waals surface area contributed by atoms with Gasteiger partial charge in [0.25, 0.3) is 0 Å². The first-order chi connectivity index (χ1) is 7.04. The zero-order chi connectivity index (χ0) is 11.1. The highest BCUT2D eigenvalue weighted by atomic mass is 32.2. The fourth-order valence-electron chi connectivity index (χ4n) is 1.58. The highest BCUT2D eigenvalue weighted by molar-refractivity contribution is 7.98. The van der Waals surface area contributed by atoms with Crippen LogP contribution in [0.5, 0.6) is 0 Å². The van der Waals surface area contributed by atoms with Crippen LogP contribution in [0, 0.1) is 0 Å². The Morgan fingerprint density at radius 3 is 2.47 bits per heavy atom. The van der Waals surface area contributed by atoms with Crippen molar-refractivity contribution in [2.75, 3.05) is 6.26 Å². The van der Waals surface area contributed by atoms with Crippen LogP contribution in [0.15, 0.2) is 17.3 Å². The first-order valence-electron chi connectivity index (χ1n) is 4.63. The lowest BCUT2D eigenvalue weighted by atomic mass is 10.1. The predicted octanol–water partition coefficient (Wildman–Crippen LogP) is 3.70. The van der Waals surface area contributed by atoms with Crippen molar-refractivity contribution >= 4 is 11.8 Å². The quantitative estimate of drug-likeness (QED) is 0.722. The first-order valence-corrected chi connectivity index (χ1v) is 5.85. The summed E-state index contributed by atoms with van der Waals surface area (Å²) in [5.41, 5.74) is 0.164. The second-order valence-corrected chi connectivity index (χ2v) is 4.40. The van der Waals surface area contributed by atoms with E-state index < -0.39 is 11.7 Å². The monoisotopic (exact) mass is 233 g/mol. The van der Waals surface area contributed by atoms with Crippen LogP contribution in [-0.4, -0.2) is 11.2 Å². The molecule has 15 heavy (non-hydrogen) atoms. The van der Waals surface area contributed by atoms with Crippen molar-refractivity contribution in [2.45, 2.75) is 29.8 Å². The van der Waals surface area contributed by atoms with Gasteiger partial charge in [0.15, 0.2) is 0 Å². The second-order valence-electron chi connectivity index (χ2n) is 3.58. The zero-order valence-corrected chi connectivity index (χ0v) is 8.95. The molecule has 0 amide bonds. The molecule has 1 aliphatic rings. The van der Waals surface area contributed by atoms with Crippen LogP contribution in [0.25, 0.3) is 0 Å². The van der Waals surface area contributed by atoms with Gasteiger partial charge in [0.2, 0.25) is 0 Å². The molecule has 1 aromatic rings. The van der Waals surface area contributed by atoms with Crippen LogP contribution in [0.4, 0.5) is 13.2 Å². The third kappa shape index (κ3) is 2.12. The number of rotatable bonds is 2. The average molecular weight is 233 g/mol. The van der Waals surface area contributed by atoms with Gasteiger partial charge in [0, 0.05) is 17.3 Å². The molecule has 0 unspecified atom stereocenters. The average Bonchev–Trinajstić information content (AvgIpc) is 2.98. The number of thioether (sulfide) groups is 1. The molecular weight excluding hydrogens is 223 g/mol. The molecule has 0 saturated heterocycles. The van der Waals surface area contributed by atoms with Crippen LogP contribution >= 0.6 is 11.8 Å². The van der Waals surface area contributed by atoms with Crippen molar-refractivity contribution in [1.82, 2.24) is 4.98 Å². The fourth-order valence-corrected chi connectivity index (χ4v) is 2.42. The summed E-state index contributed by atoms with van der Waals surface area (Å²) in [6.45, 7) is 0. The molecule has 1 saturated carbocycles. The summed E-state index contributed by atoms with van der Waals surface area (Å²) in [7, 11) is 0. The number of pyridine rings is 1. The second kappa shape index (κ2) is 3.70. The maximum atomic E-state index is 12.6. The lowest BCUT2D eigenvalue weighted by Crippen LogP contribution is -2.09. The molecule has 0 spiro atoms. The summed E-state index contributed by atoms with van der Waals surface area (Å²) < 4.78 is 37.9. The number of halogens is 3. The number of alkyl halides is 3. The molecule has 0 atom stereocenters. The number of nitrogens with zero attached hydrogens (tertiary/aromatic N) is 1. The van der Waals surface area contributed by atoms with Crippen LogP contribution in [-0.2, 0) is 6.18 Å². The van der Waals surface area contributed by atoms with Gasteiger partial charge in [-0.15, -0.1) is 11.8 Å². The van der Waals surface area contributed by atoms with Gasteiger partial charge >= 0.3 is 6.18 Å². The Bertz CT molecular complexity index is 371. The first kappa shape index (κ1) is 10.8. The smallest absolute Gasteiger partial charge is 0.264 e. The Hall–Kier alpha value is -0.710. The highest BCUT2D eigenvalue weighted by Crippen LogP contribution is 2.46. The molecule has 1 nitrogen and oxygen atoms in total. The van der Waals surface area contributed by atoms with E-state index in [1.165, 1.54) is 0 Å². The van der Waals surface area contributed by atoms with Gasteiger partial charge in [-0.3, -0.25) is 4.98 Å². The molecule has 82 valence electrons. The Morgan fingerprint density at radius 2 is 2.00 bits per heavy atom. The van der Waals surface area contributed by atoms with Crippen LogP contribution in [0.1, 0.15) is 29.9 Å². The molecule has 1 heterocycles. The molecule has 5 heteroatoms. The largest absolute Gasteiger partial charge is 0.418 e. The van der Waals surface area contributed by atoms with Crippen molar-refractivity contribution in [3.8, 4) is 0 Å². The Kier molecular flexibility index (Phi) is 2.66. The van der Waals surface area contributed by atoms with Crippen molar-refractivity contribution in [3.63, 3.8) is 0 Å². The minimum absolute atomic E-state index is 0.294. The van der Waals surface area contributed by atoms with E-state index in [2.05, 4.69) is 4.98 Å². The minimum Gasteiger partial charge on any atom is -0.264 e. The SMILES string of the molecule is CSc1c(C2CC2)cncc1C(F)(F)F. The van der Waals surface area contributed by atoms with Crippen molar-refractivity contribution in [3.05, 3.63) is 23.5 Å². The Morgan fingerprint density at radius 1 is 1.33 bits per heavy atom. The molecule has 1 aliphatic carbocycles. The molecule has 0 N–H and O–H groups in total. The number of aromatic nitrogens is 1. The topological polar surface area (TPSA) is 12.9 Å². The third-order valence-corrected chi connectivity index (χ3v) is 3.31. The summed E-state index contributed by atoms with van der Waals surface area (Å²) >= 11 is 1.16. The summed E-state index contributed by atoms with van der Waals surface area (Å²) in [5, 5.41) is 0. The maximum absolute atomic E-state index is 12.6. The maximum Gasteiger partial charge on any atom is 0.418 e. The summed E-state index contributed by atoms with van der Waals surface area (Å²) in [4.78, 5) is 4.03. The standard InChI is InChI=1S/C10H10F3NS/c1-15-9-7(6-2-3-6)4-14-5-8(9)10(11,12)13/h4-6H,2-3H2,1H3. The molecule has 0 aliphatic heterocycles. The van der Waals surface area contributed by atoms with Crippen molar-refractivity contribution in [1.29, 1.82) is 0 Å². The molecular formula is C10H10F3NS. The van der Waals surface area contributed by atoms with Gasteiger partial charge in [-0.1, -0.05) is 0 Å². The van der Waals surface area contributed by atoms with E-state index in [0.717, 1.165) is 36.4 Å². The molecule has 1 fully saturated rings. The van der Waals surface area contributed by atoms with Gasteiger partial charge in [-0.25, -0.2) is 0 Å².